The smallest absolute Gasteiger partial charge is 0.115 e. The molecule has 0 amide bonds. The van der Waals surface area contributed by atoms with Crippen molar-refractivity contribution in [1.29, 1.82) is 0 Å². The molecule has 53 heavy (non-hydrogen) atoms. The average Bonchev–Trinajstić information content (AvgIpc) is 3.88. The predicted octanol–water partition coefficient (Wildman–Crippen LogP) is 9.78. The van der Waals surface area contributed by atoms with Gasteiger partial charge in [-0.25, -0.2) is 0 Å². The largest absolute Gasteiger partial charge is 0.344 e. The third-order valence-corrected chi connectivity index (χ3v) is 0. The monoisotopic (exact) mass is 955 g/mol. The first-order chi connectivity index (χ1) is 51.0. The van der Waals surface area contributed by atoms with Crippen LogP contribution in [0.15, 0.2) is 0 Å². The lowest BCUT2D eigenvalue weighted by Crippen LogP contribution is -0.482. The Morgan fingerprint density at radius 2 is 0.0943 bits per heavy atom. The highest BCUT2D eigenvalue weighted by Crippen LogP contribution is 0.145. The molecule has 0 fully saturated rings. The summed E-state index contributed by atoms with van der Waals surface area (Å²) in [5, 5.41) is 0. The summed E-state index contributed by atoms with van der Waals surface area (Å²) in [4.78, 5) is 0. The highest BCUT2D eigenvalue weighted by Gasteiger charge is -0.0761. The van der Waals surface area contributed by atoms with Gasteiger partial charge in [0.15, 0.2) is 0 Å². The van der Waals surface area contributed by atoms with Crippen LogP contribution in [0.25, 0.3) is 0 Å². The molecule has 426 valence electrons. The van der Waals surface area contributed by atoms with Crippen LogP contribution in [0.5, 0.6) is 0 Å². The molecule has 0 aliphatic rings. The molecule has 51 nitrogen and oxygen atoms in total. The zero-order chi connectivity index (χ0) is 102. The van der Waals surface area contributed by atoms with Crippen LogP contribution >= 0.6 is 0 Å². The molecule has 0 rings (SSSR count). The second-order valence-electron chi connectivity index (χ2n) is 0. The van der Waals surface area contributed by atoms with Gasteiger partial charge in [-0.2, -0.15) is 0 Å². The second-order valence-corrected chi connectivity index (χ2v) is 0. The lowest BCUT2D eigenvalue weighted by molar-refractivity contribution is 2.13. The highest BCUT2D eigenvalue weighted by molar-refractivity contribution is 2.50. The zero-order valence-electron chi connectivity index (χ0n) is 80.4. The van der Waals surface area contributed by atoms with E-state index in [9.17, 15) is 0 Å². The maximum atomic E-state index is 5.25. The lowest BCUT2D eigenvalue weighted by atomic mass is 12.0. The predicted molar refractivity (Wildman–Crippen MR) is 272 cm³/mol. The Hall–Kier alpha value is -2.04. The van der Waals surface area contributed by atoms with Gasteiger partial charge in [0.1, 0.15) is 72.0 Å². The Balaban J connectivity index is -0.00000000486. The second kappa shape index (κ2) is 28800. The Labute approximate surface area is 405 Å². The molecule has 0 bridgehead atoms. The van der Waals surface area contributed by atoms with E-state index in [1.807, 2.05) is 0 Å². The van der Waals surface area contributed by atoms with Crippen molar-refractivity contribution >= 4 is 0 Å². The van der Waals surface area contributed by atoms with E-state index in [4.69, 9.17) is 72.0 Å². The van der Waals surface area contributed by atoms with Crippen molar-refractivity contribution < 1.29 is 73.4 Å². The third kappa shape index (κ3) is 27600. The fraction of sp³-hybridized carbons (Fsp3) is 1.00. The summed E-state index contributed by atoms with van der Waals surface area (Å²) in [5.74, 6) is 0. The minimum Gasteiger partial charge on any atom is -0.344 e. The Kier molecular flexibility index (Phi) is 28800. The zero-order valence-corrected chi connectivity index (χ0v) is 29.4. The van der Waals surface area contributed by atoms with Crippen molar-refractivity contribution in [2.24, 2.45) is 0 Å². The van der Waals surface area contributed by atoms with Crippen molar-refractivity contribution in [3.8, 4) is 0 Å². The van der Waals surface area contributed by atoms with E-state index in [2.05, 4.69) is 313 Å². The molecule has 0 aromatic carbocycles. The quantitative estimate of drug-likeness (QED) is 0.107. The lowest BCUT2D eigenvalue weighted by Gasteiger charge is -0.345. The summed E-state index contributed by atoms with van der Waals surface area (Å²) >= 11 is 0. The SMILES string of the molecule is C.C.[2HH].[2H]N.[2H]N.[2H]N.[2H]N.[2H]N.[2H]N.[2H]N.[2H]N.[2H]N.[2H]N.[2H]N.[2H]N.[2H]N.[2H]N.[2H]N.[2H]N.[2H]N.[2H]N.[2H]N.[2H]N.[2H]N.[2H]N.[2H]N.[2H]N.[2H]N.[2H]N.[2H]N.[2H]N.[2H]N.[2H]N.[2H]N.[2H]N.[2H]N.[2H]N.[2H]N.[2H]N.[2H]N.[2H]N.[2H]N.[2H]N.[2H]N.[2H]N.[2H]N.[2H]N.[2H]N.[2H]N.[2H]N.[2H]N.[2H]N.[2H]N.[2H]N. The molecule has 0 saturated heterocycles. The van der Waals surface area contributed by atoms with Gasteiger partial charge in [0.2, 0.25) is 0 Å². The van der Waals surface area contributed by atoms with Gasteiger partial charge in [-0.1, -0.05) is 14.9 Å². The summed E-state index contributed by atoms with van der Waals surface area (Å²) in [6, 6.07) is 0. The van der Waals surface area contributed by atoms with Crippen LogP contribution in [0.1, 0.15) is 16.3 Å². The van der Waals surface area contributed by atoms with Crippen LogP contribution in [0.2, 0.25) is 72.0 Å². The average molecular weight is 955 g/mol. The van der Waals surface area contributed by atoms with Crippen LogP contribution < -0.4 is 313 Å². The van der Waals surface area contributed by atoms with E-state index in [1.165, 1.54) is 0 Å². The van der Waals surface area contributed by atoms with Crippen LogP contribution in [-0.2, 0) is 0 Å². The molecule has 0 aliphatic heterocycles. The standard InChI is InChI=1S/2CH4.51H3N.H2/h2*1H4;51*1H3;1H/i;;;;;;;;;;;;;;;;;;;;;;;;;;;;;;;;;;;;;;;;;;;;;;;;;;;;;1+1/hD51. The molecule has 0 radical (unpaired) electrons. The van der Waals surface area contributed by atoms with Gasteiger partial charge >= 0.3 is 0 Å². The van der Waals surface area contributed by atoms with Gasteiger partial charge in [-0.05, 0) is 0 Å². The molecule has 0 saturated carbocycles. The summed E-state index contributed by atoms with van der Waals surface area (Å²) in [6.45, 7) is 0. The van der Waals surface area contributed by atoms with Gasteiger partial charge in [0.25, 0.3) is 0 Å². The van der Waals surface area contributed by atoms with E-state index in [-0.39, 0.29) is 16.3 Å². The van der Waals surface area contributed by atoms with E-state index >= 15 is 0 Å². The van der Waals surface area contributed by atoms with E-state index in [0.29, 0.717) is 0 Å². The highest BCUT2D eigenvalue weighted by atomic mass is 14.1. The van der Waals surface area contributed by atoms with Crippen LogP contribution in [0.3, 0.4) is 0 Å². The molecular weight excluding hydrogens is 738 g/mol. The third-order valence-electron chi connectivity index (χ3n) is 0. The summed E-state index contributed by atoms with van der Waals surface area (Å²) in [7, 11) is 0. The maximum Gasteiger partial charge on any atom is 0.115 e. The maximum absolute atomic E-state index is 5.25. The molecule has 153 N–H and O–H groups in total. The fourth-order valence-electron chi connectivity index (χ4n) is 0. The summed E-state index contributed by atoms with van der Waals surface area (Å²) < 4.78 is 268. The van der Waals surface area contributed by atoms with Gasteiger partial charge in [-0.15, -0.1) is 0 Å². The number of hydrogen-bond donors (Lipinski definition) is 51. The summed E-state index contributed by atoms with van der Waals surface area (Å²) in [6.07, 6.45) is 191. The van der Waals surface area contributed by atoms with Crippen molar-refractivity contribution in [2.75, 3.05) is 0 Å². The first-order valence-electron chi connectivity index (χ1n) is 29.4. The number of rotatable bonds is 0. The molecule has 0 atom stereocenters. The van der Waals surface area contributed by atoms with E-state index in [1.54, 1.807) is 0 Å². The molecule has 0 aromatic heterocycles. The Morgan fingerprint density at radius 3 is 0.0943 bits per heavy atom. The van der Waals surface area contributed by atoms with Crippen molar-refractivity contribution in [3.05, 3.63) is 0 Å². The van der Waals surface area contributed by atoms with Gasteiger partial charge < -0.3 is 313 Å². The summed E-state index contributed by atoms with van der Waals surface area (Å²) in [5.41, 5.74) is 0. The van der Waals surface area contributed by atoms with Gasteiger partial charge in [0, 0.05) is 1.43 Å². The molecule has 0 spiro atoms. The molecule has 0 unspecified atom stereocenters. The van der Waals surface area contributed by atoms with Gasteiger partial charge in [-0.3, -0.25) is 0 Å². The normalized spacial score (nSPS) is 6.74. The molecule has 0 heterocycles. The van der Waals surface area contributed by atoms with Crippen LogP contribution in [0, 0.1) is 0 Å². The molecule has 51 heteroatoms. The van der Waals surface area contributed by atoms with E-state index < -0.39 is 0 Å². The molecule has 0 aromatic rings. The van der Waals surface area contributed by atoms with Gasteiger partial charge in [0.05, 0.1) is 0 Å². The Bertz CT molecular complexity index is 117. The molecule has 0 aliphatic carbocycles. The van der Waals surface area contributed by atoms with Crippen molar-refractivity contribution in [3.63, 3.8) is 0 Å². The fourth-order valence-corrected chi connectivity index (χ4v) is 0. The number of hydrogen-bond acceptors (Lipinski definition) is 51. The Morgan fingerprint density at radius 1 is 0.0943 bits per heavy atom. The van der Waals surface area contributed by atoms with Crippen molar-refractivity contribution in [2.45, 2.75) is 14.9 Å². The first kappa shape index (κ1) is 53.1. The topological polar surface area (TPSA) is 1780 Å². The van der Waals surface area contributed by atoms with Crippen molar-refractivity contribution in [1.82, 2.24) is 313 Å². The minimum absolute atomic E-state index is 0. The molecular formula is C2H163N51. The van der Waals surface area contributed by atoms with Crippen LogP contribution in [0.4, 0.5) is 0 Å². The first-order valence-corrected chi connectivity index (χ1v) is 0. The van der Waals surface area contributed by atoms with E-state index in [0.717, 1.165) is 0 Å². The minimum atomic E-state index is 0. The van der Waals surface area contributed by atoms with Crippen LogP contribution in [-0.4, -0.2) is 0 Å².